The van der Waals surface area contributed by atoms with Crippen LogP contribution in [0.25, 0.3) is 0 Å². The highest BCUT2D eigenvalue weighted by molar-refractivity contribution is 5.82. The Bertz CT molecular complexity index is 292. The molecule has 7 heteroatoms. The summed E-state index contributed by atoms with van der Waals surface area (Å²) in [7, 11) is 0. The third-order valence-corrected chi connectivity index (χ3v) is 3.08. The molecule has 19 heavy (non-hydrogen) atoms. The molecule has 1 atom stereocenters. The van der Waals surface area contributed by atoms with Crippen LogP contribution in [0, 0.1) is 0 Å². The Balaban J connectivity index is 2.07. The summed E-state index contributed by atoms with van der Waals surface area (Å²) < 4.78 is 5.60. The normalized spacial score (nSPS) is 17.7. The number of aliphatic hydroxyl groups is 1. The number of rotatable bonds is 7. The van der Waals surface area contributed by atoms with Crippen molar-refractivity contribution in [2.75, 3.05) is 19.8 Å². The van der Waals surface area contributed by atoms with Gasteiger partial charge in [-0.25, -0.2) is 9.59 Å². The van der Waals surface area contributed by atoms with Gasteiger partial charge in [0.1, 0.15) is 0 Å². The number of nitrogens with one attached hydrogen (secondary N) is 2. The van der Waals surface area contributed by atoms with Gasteiger partial charge in [0.05, 0.1) is 19.3 Å². The first-order valence-corrected chi connectivity index (χ1v) is 6.63. The fourth-order valence-corrected chi connectivity index (χ4v) is 2.02. The number of carbonyl (C=O) groups is 2. The summed E-state index contributed by atoms with van der Waals surface area (Å²) in [5, 5.41) is 22.0. The fourth-order valence-electron chi connectivity index (χ4n) is 2.02. The van der Waals surface area contributed by atoms with Crippen LogP contribution in [0.1, 0.15) is 32.1 Å². The minimum Gasteiger partial charge on any atom is -0.480 e. The quantitative estimate of drug-likeness (QED) is 0.492. The van der Waals surface area contributed by atoms with Gasteiger partial charge >= 0.3 is 12.0 Å². The van der Waals surface area contributed by atoms with E-state index in [0.717, 1.165) is 12.8 Å². The van der Waals surface area contributed by atoms with Crippen LogP contribution in [0.3, 0.4) is 0 Å². The molecule has 110 valence electrons. The molecular formula is C12H22N2O5. The number of amides is 2. The summed E-state index contributed by atoms with van der Waals surface area (Å²) in [5.74, 6) is -1.27. The predicted octanol–water partition coefficient (Wildman–Crippen LogP) is 0.0804. The van der Waals surface area contributed by atoms with Crippen LogP contribution in [0.4, 0.5) is 4.79 Å². The zero-order valence-corrected chi connectivity index (χ0v) is 10.9. The van der Waals surface area contributed by atoms with Crippen molar-refractivity contribution in [2.45, 2.75) is 44.2 Å². The molecular weight excluding hydrogens is 252 g/mol. The first-order valence-electron chi connectivity index (χ1n) is 6.63. The minimum atomic E-state index is -1.28. The zero-order chi connectivity index (χ0) is 14.1. The number of hydrogen-bond donors (Lipinski definition) is 4. The van der Waals surface area contributed by atoms with Crippen molar-refractivity contribution < 1.29 is 24.5 Å². The van der Waals surface area contributed by atoms with Crippen LogP contribution in [0.15, 0.2) is 0 Å². The van der Waals surface area contributed by atoms with Crippen molar-refractivity contribution in [3.63, 3.8) is 0 Å². The van der Waals surface area contributed by atoms with Gasteiger partial charge in [-0.05, 0) is 12.8 Å². The summed E-state index contributed by atoms with van der Waals surface area (Å²) in [6.45, 7) is 0.0936. The Morgan fingerprint density at radius 2 is 1.95 bits per heavy atom. The minimum absolute atomic E-state index is 0.280. The molecule has 0 saturated heterocycles. The summed E-state index contributed by atoms with van der Waals surface area (Å²) in [4.78, 5) is 21.9. The van der Waals surface area contributed by atoms with Crippen LogP contribution in [0.2, 0.25) is 0 Å². The first-order chi connectivity index (χ1) is 9.13. The van der Waals surface area contributed by atoms with E-state index < -0.39 is 24.6 Å². The molecule has 2 amide bonds. The summed E-state index contributed by atoms with van der Waals surface area (Å²) in [6.07, 6.45) is 6.06. The van der Waals surface area contributed by atoms with Crippen molar-refractivity contribution in [2.24, 2.45) is 0 Å². The third-order valence-electron chi connectivity index (χ3n) is 3.08. The van der Waals surface area contributed by atoms with E-state index in [1.807, 2.05) is 0 Å². The van der Waals surface area contributed by atoms with E-state index in [-0.39, 0.29) is 6.10 Å². The molecule has 1 unspecified atom stereocenters. The second-order valence-corrected chi connectivity index (χ2v) is 4.60. The van der Waals surface area contributed by atoms with Crippen molar-refractivity contribution in [3.8, 4) is 0 Å². The van der Waals surface area contributed by atoms with Crippen LogP contribution in [-0.2, 0) is 9.53 Å². The van der Waals surface area contributed by atoms with E-state index in [9.17, 15) is 9.59 Å². The maximum Gasteiger partial charge on any atom is 0.328 e. The second-order valence-electron chi connectivity index (χ2n) is 4.60. The smallest absolute Gasteiger partial charge is 0.328 e. The van der Waals surface area contributed by atoms with Gasteiger partial charge in [-0.1, -0.05) is 19.3 Å². The number of ether oxygens (including phenoxy) is 1. The molecule has 7 nitrogen and oxygen atoms in total. The third kappa shape index (κ3) is 6.40. The van der Waals surface area contributed by atoms with E-state index in [4.69, 9.17) is 14.9 Å². The van der Waals surface area contributed by atoms with Gasteiger partial charge in [-0.15, -0.1) is 0 Å². The summed E-state index contributed by atoms with van der Waals surface area (Å²) in [5.41, 5.74) is 0. The van der Waals surface area contributed by atoms with Gasteiger partial charge in [0.25, 0.3) is 0 Å². The predicted molar refractivity (Wildman–Crippen MR) is 67.9 cm³/mol. The first kappa shape index (κ1) is 15.7. The zero-order valence-electron chi connectivity index (χ0n) is 10.9. The molecule has 0 aromatic carbocycles. The van der Waals surface area contributed by atoms with Crippen LogP contribution >= 0.6 is 0 Å². The highest BCUT2D eigenvalue weighted by Gasteiger charge is 2.18. The van der Waals surface area contributed by atoms with E-state index in [0.29, 0.717) is 13.2 Å². The van der Waals surface area contributed by atoms with E-state index in [1.54, 1.807) is 0 Å². The van der Waals surface area contributed by atoms with Gasteiger partial charge in [0.2, 0.25) is 0 Å². The Hall–Kier alpha value is -1.34. The largest absolute Gasteiger partial charge is 0.480 e. The molecule has 4 N–H and O–H groups in total. The highest BCUT2D eigenvalue weighted by atomic mass is 16.5. The highest BCUT2D eigenvalue weighted by Crippen LogP contribution is 2.19. The molecule has 0 radical (unpaired) electrons. The lowest BCUT2D eigenvalue weighted by atomic mass is 9.98. The molecule has 0 heterocycles. The van der Waals surface area contributed by atoms with Crippen molar-refractivity contribution in [1.29, 1.82) is 0 Å². The van der Waals surface area contributed by atoms with Crippen LogP contribution in [-0.4, -0.2) is 54.1 Å². The number of carboxylic acids is 1. The molecule has 0 bridgehead atoms. The second kappa shape index (κ2) is 8.71. The topological polar surface area (TPSA) is 108 Å². The molecule has 1 fully saturated rings. The van der Waals surface area contributed by atoms with Gasteiger partial charge < -0.3 is 25.6 Å². The lowest BCUT2D eigenvalue weighted by Crippen LogP contribution is -2.48. The average molecular weight is 274 g/mol. The lowest BCUT2D eigenvalue weighted by molar-refractivity contribution is -0.140. The Labute approximate surface area is 112 Å². The molecule has 0 aromatic heterocycles. The van der Waals surface area contributed by atoms with Gasteiger partial charge in [-0.3, -0.25) is 0 Å². The number of carbonyl (C=O) groups excluding carboxylic acids is 1. The van der Waals surface area contributed by atoms with Crippen molar-refractivity contribution >= 4 is 12.0 Å². The molecule has 1 aliphatic rings. The van der Waals surface area contributed by atoms with Crippen molar-refractivity contribution in [3.05, 3.63) is 0 Å². The van der Waals surface area contributed by atoms with E-state index in [1.165, 1.54) is 19.3 Å². The van der Waals surface area contributed by atoms with E-state index >= 15 is 0 Å². The van der Waals surface area contributed by atoms with Crippen LogP contribution < -0.4 is 10.6 Å². The van der Waals surface area contributed by atoms with Gasteiger partial charge in [0, 0.05) is 6.54 Å². The molecule has 0 spiro atoms. The summed E-state index contributed by atoms with van der Waals surface area (Å²) in [6, 6.07) is -1.90. The Morgan fingerprint density at radius 1 is 1.26 bits per heavy atom. The number of urea groups is 1. The lowest BCUT2D eigenvalue weighted by Gasteiger charge is -2.22. The standard InChI is InChI=1S/C12H22N2O5/c15-8-10(11(16)17)14-12(18)13-6-7-19-9-4-2-1-3-5-9/h9-10,15H,1-8H2,(H,16,17)(H2,13,14,18). The van der Waals surface area contributed by atoms with Crippen LogP contribution in [0.5, 0.6) is 0 Å². The molecule has 0 aliphatic heterocycles. The maximum absolute atomic E-state index is 11.3. The molecule has 1 aliphatic carbocycles. The number of aliphatic carboxylic acids is 1. The van der Waals surface area contributed by atoms with E-state index in [2.05, 4.69) is 10.6 Å². The SMILES string of the molecule is O=C(NCCOC1CCCCC1)NC(CO)C(=O)O. The number of hydrogen-bond acceptors (Lipinski definition) is 4. The van der Waals surface area contributed by atoms with Gasteiger partial charge in [-0.2, -0.15) is 0 Å². The average Bonchev–Trinajstić information content (AvgIpc) is 2.42. The molecule has 1 saturated carbocycles. The Kier molecular flexibility index (Phi) is 7.20. The Morgan fingerprint density at radius 3 is 2.53 bits per heavy atom. The monoisotopic (exact) mass is 274 g/mol. The molecule has 0 aromatic rings. The number of carboxylic acid groups (broad SMARTS) is 1. The number of aliphatic hydroxyl groups excluding tert-OH is 1. The van der Waals surface area contributed by atoms with Crippen molar-refractivity contribution in [1.82, 2.24) is 10.6 Å². The maximum atomic E-state index is 11.3. The molecule has 1 rings (SSSR count). The van der Waals surface area contributed by atoms with Gasteiger partial charge in [0.15, 0.2) is 6.04 Å². The fraction of sp³-hybridized carbons (Fsp3) is 0.833. The summed E-state index contributed by atoms with van der Waals surface area (Å²) >= 11 is 0.